The first-order chi connectivity index (χ1) is 8.82. The molecule has 0 bridgehead atoms. The molecule has 1 rings (SSSR count). The lowest BCUT2D eigenvalue weighted by atomic mass is 9.95. The predicted octanol–water partition coefficient (Wildman–Crippen LogP) is 4.47. The summed E-state index contributed by atoms with van der Waals surface area (Å²) < 4.78 is 2.24. The number of nitrogens with zero attached hydrogens (tertiary/aromatic N) is 2. The van der Waals surface area contributed by atoms with E-state index >= 15 is 0 Å². The summed E-state index contributed by atoms with van der Waals surface area (Å²) in [4.78, 5) is 4.89. The average Bonchev–Trinajstić information content (AvgIpc) is 2.64. The normalized spacial score (nSPS) is 13.8. The third kappa shape index (κ3) is 3.74. The van der Waals surface area contributed by atoms with Gasteiger partial charge < -0.3 is 10.3 Å². The number of nitrogen functional groups attached to an aromatic ring is 1. The molecule has 0 aliphatic carbocycles. The van der Waals surface area contributed by atoms with Gasteiger partial charge in [0.05, 0.1) is 5.69 Å². The van der Waals surface area contributed by atoms with Gasteiger partial charge in [0.15, 0.2) is 0 Å². The number of rotatable bonds is 6. The van der Waals surface area contributed by atoms with Crippen molar-refractivity contribution in [1.29, 1.82) is 0 Å². The molecule has 1 unspecified atom stereocenters. The third-order valence-corrected chi connectivity index (χ3v) is 3.63. The van der Waals surface area contributed by atoms with E-state index in [1.807, 2.05) is 0 Å². The Kier molecular flexibility index (Phi) is 5.45. The van der Waals surface area contributed by atoms with Crippen molar-refractivity contribution in [3.05, 3.63) is 11.5 Å². The summed E-state index contributed by atoms with van der Waals surface area (Å²) in [6, 6.07) is 0. The highest BCUT2D eigenvalue weighted by Crippen LogP contribution is 2.31. The fraction of sp³-hybridized carbons (Fsp3) is 0.812. The van der Waals surface area contributed by atoms with E-state index in [1.54, 1.807) is 0 Å². The van der Waals surface area contributed by atoms with E-state index in [1.165, 1.54) is 12.8 Å². The maximum absolute atomic E-state index is 6.37. The Hall–Kier alpha value is -0.990. The molecule has 3 heteroatoms. The molecule has 0 aromatic carbocycles. The van der Waals surface area contributed by atoms with Crippen molar-refractivity contribution in [3.8, 4) is 0 Å². The van der Waals surface area contributed by atoms with Gasteiger partial charge >= 0.3 is 0 Å². The average molecular weight is 265 g/mol. The molecule has 0 saturated heterocycles. The van der Waals surface area contributed by atoms with Crippen LogP contribution in [0.15, 0.2) is 0 Å². The maximum atomic E-state index is 6.37. The lowest BCUT2D eigenvalue weighted by Crippen LogP contribution is -2.20. The fourth-order valence-electron chi connectivity index (χ4n) is 2.53. The number of nitrogens with two attached hydrogens (primary N) is 1. The zero-order chi connectivity index (χ0) is 14.6. The zero-order valence-electron chi connectivity index (χ0n) is 13.6. The Bertz CT molecular complexity index is 399. The van der Waals surface area contributed by atoms with Gasteiger partial charge in [-0.25, -0.2) is 4.98 Å². The van der Waals surface area contributed by atoms with E-state index in [0.29, 0.717) is 5.92 Å². The summed E-state index contributed by atoms with van der Waals surface area (Å²) in [5, 5.41) is 0. The van der Waals surface area contributed by atoms with Crippen LogP contribution in [0.25, 0.3) is 0 Å². The molecule has 0 spiro atoms. The number of imidazole rings is 1. The minimum atomic E-state index is 0.0477. The van der Waals surface area contributed by atoms with Crippen LogP contribution in [-0.2, 0) is 12.0 Å². The van der Waals surface area contributed by atoms with Crippen LogP contribution in [0.4, 0.5) is 5.82 Å². The molecular weight excluding hydrogens is 234 g/mol. The Labute approximate surface area is 118 Å². The second kappa shape index (κ2) is 6.44. The molecule has 1 aromatic rings. The van der Waals surface area contributed by atoms with Crippen molar-refractivity contribution >= 4 is 5.82 Å². The number of unbranched alkanes of at least 4 members (excludes halogenated alkanes) is 1. The van der Waals surface area contributed by atoms with Gasteiger partial charge in [0.2, 0.25) is 0 Å². The van der Waals surface area contributed by atoms with Crippen LogP contribution in [0.2, 0.25) is 0 Å². The molecule has 0 saturated carbocycles. The highest BCUT2D eigenvalue weighted by Gasteiger charge is 2.26. The summed E-state index contributed by atoms with van der Waals surface area (Å²) in [6.45, 7) is 14.3. The molecule has 0 amide bonds. The van der Waals surface area contributed by atoms with E-state index < -0.39 is 0 Å². The largest absolute Gasteiger partial charge is 0.384 e. The molecular formula is C16H31N3. The maximum Gasteiger partial charge on any atom is 0.127 e. The Balaban J connectivity index is 3.18. The first-order valence-electron chi connectivity index (χ1n) is 7.69. The molecule has 0 aliphatic rings. The Morgan fingerprint density at radius 1 is 1.21 bits per heavy atom. The van der Waals surface area contributed by atoms with Crippen molar-refractivity contribution in [2.45, 2.75) is 85.1 Å². The van der Waals surface area contributed by atoms with Crippen LogP contribution in [0.3, 0.4) is 0 Å². The lowest BCUT2D eigenvalue weighted by molar-refractivity contribution is 0.490. The molecule has 110 valence electrons. The zero-order valence-corrected chi connectivity index (χ0v) is 13.6. The van der Waals surface area contributed by atoms with Gasteiger partial charge in [-0.2, -0.15) is 0 Å². The van der Waals surface area contributed by atoms with Gasteiger partial charge in [-0.05, 0) is 12.8 Å². The summed E-state index contributed by atoms with van der Waals surface area (Å²) in [7, 11) is 0. The van der Waals surface area contributed by atoms with E-state index in [4.69, 9.17) is 10.7 Å². The Morgan fingerprint density at radius 3 is 2.32 bits per heavy atom. The van der Waals surface area contributed by atoms with E-state index in [2.05, 4.69) is 46.1 Å². The van der Waals surface area contributed by atoms with Crippen molar-refractivity contribution in [3.63, 3.8) is 0 Å². The van der Waals surface area contributed by atoms with Gasteiger partial charge in [-0.1, -0.05) is 54.4 Å². The van der Waals surface area contributed by atoms with Crippen molar-refractivity contribution in [2.24, 2.45) is 0 Å². The molecule has 1 aromatic heterocycles. The minimum Gasteiger partial charge on any atom is -0.384 e. The van der Waals surface area contributed by atoms with Crippen molar-refractivity contribution < 1.29 is 0 Å². The molecule has 2 N–H and O–H groups in total. The van der Waals surface area contributed by atoms with Gasteiger partial charge in [-0.15, -0.1) is 0 Å². The van der Waals surface area contributed by atoms with Gasteiger partial charge in [-0.3, -0.25) is 0 Å². The second-order valence-corrected chi connectivity index (χ2v) is 6.65. The number of aromatic nitrogens is 2. The molecule has 19 heavy (non-hydrogen) atoms. The quantitative estimate of drug-likeness (QED) is 0.825. The summed E-state index contributed by atoms with van der Waals surface area (Å²) in [5.41, 5.74) is 7.52. The number of hydrogen-bond donors (Lipinski definition) is 1. The molecule has 1 atom stereocenters. The monoisotopic (exact) mass is 265 g/mol. The minimum absolute atomic E-state index is 0.0477. The fourth-order valence-corrected chi connectivity index (χ4v) is 2.53. The van der Waals surface area contributed by atoms with Crippen LogP contribution in [-0.4, -0.2) is 9.55 Å². The van der Waals surface area contributed by atoms with E-state index in [9.17, 15) is 0 Å². The highest BCUT2D eigenvalue weighted by molar-refractivity contribution is 5.41. The molecule has 1 heterocycles. The topological polar surface area (TPSA) is 43.8 Å². The number of hydrogen-bond acceptors (Lipinski definition) is 2. The number of anilines is 1. The third-order valence-electron chi connectivity index (χ3n) is 3.63. The predicted molar refractivity (Wildman–Crippen MR) is 83.6 cm³/mol. The van der Waals surface area contributed by atoms with Crippen LogP contribution in [0, 0.1) is 0 Å². The molecule has 0 radical (unpaired) electrons. The van der Waals surface area contributed by atoms with Crippen LogP contribution in [0.1, 0.15) is 84.7 Å². The smallest absolute Gasteiger partial charge is 0.127 e. The SMILES string of the molecule is CCCCn1c(C(C)(C)C)nc(C(C)CCC)c1N. The van der Waals surface area contributed by atoms with E-state index in [-0.39, 0.29) is 5.41 Å². The first-order valence-corrected chi connectivity index (χ1v) is 7.69. The molecule has 3 nitrogen and oxygen atoms in total. The Morgan fingerprint density at radius 2 is 1.84 bits per heavy atom. The molecule has 0 aliphatic heterocycles. The van der Waals surface area contributed by atoms with Crippen LogP contribution < -0.4 is 5.73 Å². The first kappa shape index (κ1) is 16.1. The van der Waals surface area contributed by atoms with Crippen molar-refractivity contribution in [2.75, 3.05) is 5.73 Å². The van der Waals surface area contributed by atoms with E-state index in [0.717, 1.165) is 36.7 Å². The van der Waals surface area contributed by atoms with Crippen molar-refractivity contribution in [1.82, 2.24) is 9.55 Å². The highest BCUT2D eigenvalue weighted by atomic mass is 15.2. The molecule has 0 fully saturated rings. The standard InChI is InChI=1S/C16H31N3/c1-7-9-11-19-14(17)13(12(3)10-8-2)18-15(19)16(4,5)6/h12H,7-11,17H2,1-6H3. The summed E-state index contributed by atoms with van der Waals surface area (Å²) >= 11 is 0. The van der Waals surface area contributed by atoms with Gasteiger partial charge in [0.25, 0.3) is 0 Å². The summed E-state index contributed by atoms with van der Waals surface area (Å²) in [6.07, 6.45) is 4.66. The lowest BCUT2D eigenvalue weighted by Gasteiger charge is -2.20. The van der Waals surface area contributed by atoms with Gasteiger partial charge in [0.1, 0.15) is 11.6 Å². The van der Waals surface area contributed by atoms with Gasteiger partial charge in [0, 0.05) is 17.9 Å². The van der Waals surface area contributed by atoms with Crippen LogP contribution >= 0.6 is 0 Å². The van der Waals surface area contributed by atoms with Crippen LogP contribution in [0.5, 0.6) is 0 Å². The second-order valence-electron chi connectivity index (χ2n) is 6.65. The summed E-state index contributed by atoms with van der Waals surface area (Å²) in [5.74, 6) is 2.48.